The maximum Gasteiger partial charge on any atom is 0.453 e. The molecular formula is C62H76O6P2. The molecule has 8 heteroatoms. The predicted octanol–water partition coefficient (Wildman–Crippen LogP) is 20.6. The summed E-state index contributed by atoms with van der Waals surface area (Å²) in [6, 6.07) is 37.5. The Bertz CT molecular complexity index is 2990. The lowest BCUT2D eigenvalue weighted by atomic mass is 9.65. The second kappa shape index (κ2) is 19.0. The second-order valence-electron chi connectivity index (χ2n) is 23.1. The van der Waals surface area contributed by atoms with E-state index >= 15 is 0 Å². The lowest BCUT2D eigenvalue weighted by Crippen LogP contribution is -2.31. The molecule has 0 radical (unpaired) electrons. The van der Waals surface area contributed by atoms with E-state index in [1.165, 1.54) is 11.1 Å². The average Bonchev–Trinajstić information content (AvgIpc) is 3.56. The molecule has 0 aliphatic carbocycles. The molecule has 0 spiro atoms. The van der Waals surface area contributed by atoms with Crippen molar-refractivity contribution in [3.63, 3.8) is 0 Å². The third-order valence-corrected chi connectivity index (χ3v) is 19.1. The minimum Gasteiger partial charge on any atom is -0.390 e. The molecule has 0 bridgehead atoms. The lowest BCUT2D eigenvalue weighted by Gasteiger charge is -2.40. The zero-order chi connectivity index (χ0) is 50.8. The SMILES string of the molecule is Cc1c(C(C)(C)C(C)C)cc(C(C)(C)C(C)C)c(Op2oc3ccccc3c3ccccc3o2)c1-c1c(C)c(C(C)(C)C(C)C)cc(C(C)(C)C(C)C)c1Op1oc2ccccc2c2ccccc2o1. The van der Waals surface area contributed by atoms with E-state index in [0.29, 0.717) is 34.2 Å². The summed E-state index contributed by atoms with van der Waals surface area (Å²) in [6.45, 7) is 42.0. The van der Waals surface area contributed by atoms with Crippen LogP contribution in [0.15, 0.2) is 126 Å². The highest BCUT2D eigenvalue weighted by molar-refractivity contribution is 7.32. The van der Waals surface area contributed by atoms with Gasteiger partial charge in [-0.25, -0.2) is 0 Å². The van der Waals surface area contributed by atoms with Gasteiger partial charge in [0.25, 0.3) is 0 Å². The van der Waals surface area contributed by atoms with Gasteiger partial charge in [0.1, 0.15) is 33.8 Å². The van der Waals surface area contributed by atoms with E-state index < -0.39 is 16.5 Å². The molecule has 0 N–H and O–H groups in total. The average molecular weight is 979 g/mol. The largest absolute Gasteiger partial charge is 0.453 e. The minimum atomic E-state index is -2.06. The van der Waals surface area contributed by atoms with Gasteiger partial charge in [-0.3, -0.25) is 0 Å². The van der Waals surface area contributed by atoms with Gasteiger partial charge in [-0.05, 0) is 106 Å². The van der Waals surface area contributed by atoms with Crippen molar-refractivity contribution in [1.82, 2.24) is 0 Å². The van der Waals surface area contributed by atoms with E-state index in [-0.39, 0.29) is 33.5 Å². The monoisotopic (exact) mass is 979 g/mol. The van der Waals surface area contributed by atoms with Crippen molar-refractivity contribution >= 4 is 60.4 Å². The molecule has 0 saturated heterocycles. The lowest BCUT2D eigenvalue weighted by molar-refractivity contribution is 0.350. The van der Waals surface area contributed by atoms with Crippen molar-refractivity contribution in [2.75, 3.05) is 0 Å². The first-order valence-corrected chi connectivity index (χ1v) is 27.5. The van der Waals surface area contributed by atoms with Crippen LogP contribution in [0.25, 0.3) is 55.0 Å². The Kier molecular flexibility index (Phi) is 13.9. The summed E-state index contributed by atoms with van der Waals surface area (Å²) in [5, 5.41) is 3.85. The van der Waals surface area contributed by atoms with Crippen LogP contribution in [0.1, 0.15) is 144 Å². The summed E-state index contributed by atoms with van der Waals surface area (Å²) in [6.07, 6.45) is 0. The van der Waals surface area contributed by atoms with Gasteiger partial charge in [0.15, 0.2) is 0 Å². The molecule has 0 aliphatic rings. The molecule has 2 aromatic heterocycles. The van der Waals surface area contributed by atoms with Crippen molar-refractivity contribution in [2.45, 2.75) is 146 Å². The molecule has 0 atom stereocenters. The molecule has 2 heterocycles. The summed E-state index contributed by atoms with van der Waals surface area (Å²) in [5.74, 6) is 2.52. The molecule has 8 aromatic rings. The zero-order valence-corrected chi connectivity index (χ0v) is 46.8. The van der Waals surface area contributed by atoms with Crippen molar-refractivity contribution in [1.29, 1.82) is 0 Å². The molecule has 0 fully saturated rings. The van der Waals surface area contributed by atoms with Gasteiger partial charge in [-0.1, -0.05) is 196 Å². The van der Waals surface area contributed by atoms with E-state index in [9.17, 15) is 0 Å². The Labute approximate surface area is 419 Å². The fraction of sp³-hybridized carbons (Fsp3) is 0.419. The molecule has 0 saturated carbocycles. The third-order valence-electron chi connectivity index (χ3n) is 17.0. The van der Waals surface area contributed by atoms with Crippen molar-refractivity contribution < 1.29 is 25.8 Å². The summed E-state index contributed by atoms with van der Waals surface area (Å²) in [7, 11) is -4.13. The Balaban J connectivity index is 1.63. The molecule has 8 rings (SSSR count). The van der Waals surface area contributed by atoms with Gasteiger partial charge in [-0.2, -0.15) is 0 Å². The number of benzene rings is 6. The van der Waals surface area contributed by atoms with Crippen molar-refractivity contribution in [3.05, 3.63) is 143 Å². The van der Waals surface area contributed by atoms with E-state index in [1.807, 2.05) is 72.8 Å². The van der Waals surface area contributed by atoms with E-state index in [1.54, 1.807) is 0 Å². The fourth-order valence-corrected chi connectivity index (χ4v) is 11.7. The molecular weight excluding hydrogens is 903 g/mol. The number of rotatable bonds is 13. The second-order valence-corrected chi connectivity index (χ2v) is 25.1. The highest BCUT2D eigenvalue weighted by atomic mass is 31.1. The molecule has 70 heavy (non-hydrogen) atoms. The third kappa shape index (κ3) is 9.02. The first kappa shape index (κ1) is 51.1. The topological polar surface area (TPSA) is 71.0 Å². The van der Waals surface area contributed by atoms with Gasteiger partial charge in [0.05, 0.1) is 0 Å². The molecule has 0 unspecified atom stereocenters. The molecule has 0 amide bonds. The van der Waals surface area contributed by atoms with Gasteiger partial charge < -0.3 is 25.8 Å². The summed E-state index contributed by atoms with van der Waals surface area (Å²) < 4.78 is 43.2. The number of hydrogen-bond donors (Lipinski definition) is 0. The maximum atomic E-state index is 7.68. The maximum absolute atomic E-state index is 7.68. The number of fused-ring (bicyclic) bond motifs is 6. The number of hydrogen-bond acceptors (Lipinski definition) is 6. The first-order valence-electron chi connectivity index (χ1n) is 25.3. The highest BCUT2D eigenvalue weighted by Gasteiger charge is 2.41. The van der Waals surface area contributed by atoms with Crippen molar-refractivity contribution in [2.24, 2.45) is 23.7 Å². The quantitative estimate of drug-likeness (QED) is 0.115. The molecule has 6 aromatic carbocycles. The van der Waals surface area contributed by atoms with E-state index in [2.05, 4.69) is 161 Å². The predicted molar refractivity (Wildman–Crippen MR) is 298 cm³/mol. The standard InChI is InChI=1S/C62H76O6P2/c1-37(2)59(11,12)47-35-49(61(15,16)39(5)6)57(67-69-63-51-31-23-19-27-43(51)44-28-20-24-32-52(44)64-69)55(41(47)9)56-42(10)48(60(13,14)38(3)4)36-50(62(17,18)40(7)8)58(56)68-70-65-53-33-25-21-29-45(53)46-30-22-26-34-54(46)66-70/h19-40H,1-18H3. The van der Waals surface area contributed by atoms with Gasteiger partial charge in [0.2, 0.25) is 0 Å². The van der Waals surface area contributed by atoms with Gasteiger partial charge in [-0.15, -0.1) is 0 Å². The molecule has 0 aliphatic heterocycles. The Morgan fingerprint density at radius 2 is 0.586 bits per heavy atom. The van der Waals surface area contributed by atoms with Crippen LogP contribution >= 0.6 is 16.5 Å². The van der Waals surface area contributed by atoms with Crippen LogP contribution in [0.3, 0.4) is 0 Å². The summed E-state index contributed by atoms with van der Waals surface area (Å²) in [4.78, 5) is 0. The van der Waals surface area contributed by atoms with Gasteiger partial charge >= 0.3 is 16.5 Å². The summed E-state index contributed by atoms with van der Waals surface area (Å²) >= 11 is 0. The summed E-state index contributed by atoms with van der Waals surface area (Å²) in [5.41, 5.74) is 10.5. The Morgan fingerprint density at radius 3 is 0.829 bits per heavy atom. The van der Waals surface area contributed by atoms with Gasteiger partial charge in [0, 0.05) is 43.8 Å². The van der Waals surface area contributed by atoms with E-state index in [0.717, 1.165) is 66.4 Å². The van der Waals surface area contributed by atoms with Crippen LogP contribution in [0.5, 0.6) is 11.5 Å². The van der Waals surface area contributed by atoms with Crippen LogP contribution in [0.2, 0.25) is 0 Å². The molecule has 6 nitrogen and oxygen atoms in total. The van der Waals surface area contributed by atoms with Crippen LogP contribution in [-0.2, 0) is 21.7 Å². The van der Waals surface area contributed by atoms with Crippen LogP contribution in [0.4, 0.5) is 0 Å². The van der Waals surface area contributed by atoms with Crippen LogP contribution in [0, 0.1) is 37.5 Å². The van der Waals surface area contributed by atoms with Crippen LogP contribution < -0.4 is 9.05 Å². The smallest absolute Gasteiger partial charge is 0.390 e. The Morgan fingerprint density at radius 1 is 0.357 bits per heavy atom. The fourth-order valence-electron chi connectivity index (χ4n) is 9.50. The zero-order valence-electron chi connectivity index (χ0n) is 45.0. The minimum absolute atomic E-state index is 0.223. The van der Waals surface area contributed by atoms with Crippen LogP contribution in [-0.4, -0.2) is 0 Å². The normalized spacial score (nSPS) is 12.9. The Hall–Kier alpha value is -5.28. The van der Waals surface area contributed by atoms with E-state index in [4.69, 9.17) is 25.8 Å². The molecule has 370 valence electrons. The number of para-hydroxylation sites is 4. The highest BCUT2D eigenvalue weighted by Crippen LogP contribution is 2.58. The van der Waals surface area contributed by atoms with Crippen molar-refractivity contribution in [3.8, 4) is 22.6 Å². The first-order chi connectivity index (χ1) is 32.9.